The fraction of sp³-hybridized carbons (Fsp3) is 0. The number of nitrogen functional groups attached to an aromatic ring is 1. The van der Waals surface area contributed by atoms with E-state index in [0.29, 0.717) is 16.9 Å². The fourth-order valence-corrected chi connectivity index (χ4v) is 4.49. The van der Waals surface area contributed by atoms with Crippen LogP contribution in [0.1, 0.15) is 10.4 Å². The maximum atomic E-state index is 12.5. The van der Waals surface area contributed by atoms with Gasteiger partial charge in [0.1, 0.15) is 17.1 Å². The number of nitrogens with two attached hydrogens (primary N) is 1. The van der Waals surface area contributed by atoms with Crippen LogP contribution < -0.4 is 16.0 Å². The normalized spacial score (nSPS) is 10.8. The number of carbonyl (C=O) groups is 1. The highest BCUT2D eigenvalue weighted by Crippen LogP contribution is 2.40. The third kappa shape index (κ3) is 4.01. The Bertz CT molecular complexity index is 1330. The summed E-state index contributed by atoms with van der Waals surface area (Å²) in [5.41, 5.74) is 8.51. The molecule has 0 saturated carbocycles. The van der Waals surface area contributed by atoms with Gasteiger partial charge in [-0.05, 0) is 72.1 Å². The summed E-state index contributed by atoms with van der Waals surface area (Å²) >= 11 is 1.69. The zero-order chi connectivity index (χ0) is 21.9. The quantitative estimate of drug-likeness (QED) is 0.330. The number of rotatable bonds is 5. The van der Waals surface area contributed by atoms with Gasteiger partial charge in [0.25, 0.3) is 5.91 Å². The molecule has 0 bridgehead atoms. The number of fused-ring (bicyclic) bond motifs is 1. The van der Waals surface area contributed by atoms with Crippen molar-refractivity contribution in [2.24, 2.45) is 0 Å². The Balaban J connectivity index is 1.45. The lowest BCUT2D eigenvalue weighted by molar-refractivity contribution is 0.102. The van der Waals surface area contributed by atoms with Gasteiger partial charge in [0.15, 0.2) is 0 Å². The lowest BCUT2D eigenvalue weighted by Crippen LogP contribution is -2.13. The molecule has 7 heteroatoms. The van der Waals surface area contributed by atoms with E-state index in [1.54, 1.807) is 41.8 Å². The molecule has 6 nitrogen and oxygen atoms in total. The van der Waals surface area contributed by atoms with Gasteiger partial charge < -0.3 is 11.1 Å². The molecule has 3 N–H and O–H groups in total. The van der Waals surface area contributed by atoms with Crippen molar-refractivity contribution in [2.45, 2.75) is 0 Å². The number of nitrogens with one attached hydrogen (secondary N) is 1. The highest BCUT2D eigenvalue weighted by molar-refractivity contribution is 7.23. The first-order valence-corrected chi connectivity index (χ1v) is 10.8. The van der Waals surface area contributed by atoms with E-state index in [2.05, 4.69) is 38.4 Å². The van der Waals surface area contributed by atoms with Gasteiger partial charge in [-0.15, -0.1) is 11.3 Å². The molecule has 0 atom stereocenters. The first-order chi connectivity index (χ1) is 15.7. The molecule has 5 rings (SSSR count). The summed E-state index contributed by atoms with van der Waals surface area (Å²) in [4.78, 5) is 23.1. The Labute approximate surface area is 189 Å². The van der Waals surface area contributed by atoms with E-state index in [9.17, 15) is 4.79 Å². The molecule has 32 heavy (non-hydrogen) atoms. The van der Waals surface area contributed by atoms with E-state index < -0.39 is 0 Å². The molecule has 0 fully saturated rings. The number of hydrogen-bond acceptors (Lipinski definition) is 6. The van der Waals surface area contributed by atoms with Crippen LogP contribution in [0, 0.1) is 0 Å². The number of amides is 1. The summed E-state index contributed by atoms with van der Waals surface area (Å²) in [6.45, 7) is 0. The lowest BCUT2D eigenvalue weighted by atomic mass is 10.2. The summed E-state index contributed by atoms with van der Waals surface area (Å²) in [6.07, 6.45) is 3.26. The van der Waals surface area contributed by atoms with E-state index in [4.69, 9.17) is 5.73 Å². The van der Waals surface area contributed by atoms with Gasteiger partial charge in [-0.2, -0.15) is 0 Å². The average molecular weight is 438 g/mol. The van der Waals surface area contributed by atoms with Crippen LogP contribution in [0.2, 0.25) is 0 Å². The van der Waals surface area contributed by atoms with E-state index in [1.807, 2.05) is 42.5 Å². The van der Waals surface area contributed by atoms with Gasteiger partial charge in [-0.25, -0.2) is 9.97 Å². The molecular weight excluding hydrogens is 418 g/mol. The minimum Gasteiger partial charge on any atom is -0.399 e. The lowest BCUT2D eigenvalue weighted by Gasteiger charge is -2.22. The van der Waals surface area contributed by atoms with Gasteiger partial charge in [0, 0.05) is 33.5 Å². The first kappa shape index (κ1) is 19.7. The molecular formula is C25H19N5OS. The molecule has 0 aliphatic heterocycles. The summed E-state index contributed by atoms with van der Waals surface area (Å²) in [7, 11) is 0. The Kier molecular flexibility index (Phi) is 5.23. The second-order valence-corrected chi connectivity index (χ2v) is 8.21. The van der Waals surface area contributed by atoms with Crippen molar-refractivity contribution in [3.8, 4) is 0 Å². The van der Waals surface area contributed by atoms with Gasteiger partial charge in [0.2, 0.25) is 0 Å². The largest absolute Gasteiger partial charge is 0.399 e. The number of thiophene rings is 1. The second-order valence-electron chi connectivity index (χ2n) is 7.15. The Morgan fingerprint density at radius 1 is 0.938 bits per heavy atom. The summed E-state index contributed by atoms with van der Waals surface area (Å²) < 4.78 is 1.20. The summed E-state index contributed by atoms with van der Waals surface area (Å²) in [5, 5.41) is 5.15. The van der Waals surface area contributed by atoms with Crippen molar-refractivity contribution in [1.29, 1.82) is 0 Å². The second kappa shape index (κ2) is 8.49. The molecule has 0 aliphatic carbocycles. The molecule has 0 radical (unpaired) electrons. The van der Waals surface area contributed by atoms with Crippen LogP contribution in [0.5, 0.6) is 0 Å². The smallest absolute Gasteiger partial charge is 0.255 e. The zero-order valence-corrected chi connectivity index (χ0v) is 17.8. The predicted molar refractivity (Wildman–Crippen MR) is 131 cm³/mol. The van der Waals surface area contributed by atoms with Crippen LogP contribution in [-0.4, -0.2) is 15.9 Å². The fourth-order valence-electron chi connectivity index (χ4n) is 3.40. The molecule has 156 valence electrons. The SMILES string of the molecule is Nc1ccc(C(=O)Nc2ccc(N(c3ccncn3)c3cc4ccccc4s3)cc2)cc1. The Morgan fingerprint density at radius 2 is 1.72 bits per heavy atom. The Morgan fingerprint density at radius 3 is 2.44 bits per heavy atom. The molecule has 5 aromatic rings. The van der Waals surface area contributed by atoms with Crippen molar-refractivity contribution in [1.82, 2.24) is 9.97 Å². The number of aromatic nitrogens is 2. The maximum absolute atomic E-state index is 12.5. The van der Waals surface area contributed by atoms with Crippen LogP contribution in [-0.2, 0) is 0 Å². The molecule has 3 aromatic carbocycles. The average Bonchev–Trinajstić information content (AvgIpc) is 3.25. The van der Waals surface area contributed by atoms with Crippen LogP contribution in [0.15, 0.2) is 97.5 Å². The number of carbonyl (C=O) groups excluding carboxylic acids is 1. The predicted octanol–water partition coefficient (Wildman–Crippen LogP) is 6.00. The summed E-state index contributed by atoms with van der Waals surface area (Å²) in [5.74, 6) is 0.583. The van der Waals surface area contributed by atoms with Crippen molar-refractivity contribution in [3.05, 3.63) is 103 Å². The van der Waals surface area contributed by atoms with Crippen LogP contribution in [0.4, 0.5) is 27.9 Å². The monoisotopic (exact) mass is 437 g/mol. The molecule has 0 spiro atoms. The van der Waals surface area contributed by atoms with Gasteiger partial charge in [0.05, 0.1) is 0 Å². The topological polar surface area (TPSA) is 84.1 Å². The Hall–Kier alpha value is -4.23. The first-order valence-electron chi connectivity index (χ1n) is 9.99. The molecule has 0 saturated heterocycles. The van der Waals surface area contributed by atoms with Crippen LogP contribution in [0.25, 0.3) is 10.1 Å². The van der Waals surface area contributed by atoms with Crippen LogP contribution in [0.3, 0.4) is 0 Å². The molecule has 2 heterocycles. The van der Waals surface area contributed by atoms with E-state index in [1.165, 1.54) is 16.4 Å². The minimum atomic E-state index is -0.185. The number of benzene rings is 3. The molecule has 1 amide bonds. The molecule has 0 unspecified atom stereocenters. The van der Waals surface area contributed by atoms with Crippen LogP contribution >= 0.6 is 11.3 Å². The molecule has 2 aromatic heterocycles. The van der Waals surface area contributed by atoms with Crippen molar-refractivity contribution in [2.75, 3.05) is 16.0 Å². The number of hydrogen-bond donors (Lipinski definition) is 2. The highest BCUT2D eigenvalue weighted by Gasteiger charge is 2.16. The van der Waals surface area contributed by atoms with Crippen molar-refractivity contribution < 1.29 is 4.79 Å². The third-order valence-corrected chi connectivity index (χ3v) is 6.09. The summed E-state index contributed by atoms with van der Waals surface area (Å²) in [6, 6.07) is 26.8. The van der Waals surface area contributed by atoms with Gasteiger partial charge >= 0.3 is 0 Å². The number of anilines is 5. The highest BCUT2D eigenvalue weighted by atomic mass is 32.1. The van der Waals surface area contributed by atoms with E-state index in [0.717, 1.165) is 16.5 Å². The molecule has 0 aliphatic rings. The minimum absolute atomic E-state index is 0.185. The standard InChI is InChI=1S/C25H19N5OS/c26-19-7-5-17(6-8-19)25(31)29-20-9-11-21(12-10-20)30(23-13-14-27-16-28-23)24-15-18-3-1-2-4-22(18)32-24/h1-16H,26H2,(H,29,31). The number of nitrogens with zero attached hydrogens (tertiary/aromatic N) is 3. The van der Waals surface area contributed by atoms with E-state index in [-0.39, 0.29) is 5.91 Å². The maximum Gasteiger partial charge on any atom is 0.255 e. The zero-order valence-electron chi connectivity index (χ0n) is 17.0. The van der Waals surface area contributed by atoms with Gasteiger partial charge in [-0.1, -0.05) is 18.2 Å². The van der Waals surface area contributed by atoms with Crippen molar-refractivity contribution in [3.63, 3.8) is 0 Å². The van der Waals surface area contributed by atoms with E-state index >= 15 is 0 Å². The van der Waals surface area contributed by atoms with Gasteiger partial charge in [-0.3, -0.25) is 9.69 Å². The van der Waals surface area contributed by atoms with Crippen molar-refractivity contribution >= 4 is 55.2 Å². The third-order valence-electron chi connectivity index (χ3n) is 4.98.